The number of carbonyl (C=O) groups excluding carboxylic acids is 1. The summed E-state index contributed by atoms with van der Waals surface area (Å²) in [4.78, 5) is 12.3. The van der Waals surface area contributed by atoms with Crippen molar-refractivity contribution < 1.29 is 13.2 Å². The van der Waals surface area contributed by atoms with E-state index in [1.54, 1.807) is 13.0 Å². The van der Waals surface area contributed by atoms with Gasteiger partial charge in [-0.15, -0.1) is 0 Å². The summed E-state index contributed by atoms with van der Waals surface area (Å²) < 4.78 is 25.8. The molecule has 112 valence electrons. The molecule has 5 nitrogen and oxygen atoms in total. The molecular formula is C14H22N2O3S. The summed E-state index contributed by atoms with van der Waals surface area (Å²) in [7, 11) is -2.20. The SMILES string of the molecule is CNS(=O)(=O)c1ccc(C)c(C(=O)NC(C)C(C)C)c1. The van der Waals surface area contributed by atoms with Crippen LogP contribution in [0.5, 0.6) is 0 Å². The van der Waals surface area contributed by atoms with Crippen LogP contribution in [0, 0.1) is 12.8 Å². The monoisotopic (exact) mass is 298 g/mol. The molecule has 0 saturated carbocycles. The molecule has 0 aliphatic rings. The van der Waals surface area contributed by atoms with E-state index in [9.17, 15) is 13.2 Å². The zero-order valence-corrected chi connectivity index (χ0v) is 13.3. The molecule has 1 unspecified atom stereocenters. The topological polar surface area (TPSA) is 75.3 Å². The Balaban J connectivity index is 3.12. The third-order valence-electron chi connectivity index (χ3n) is 3.39. The first-order valence-corrected chi connectivity index (χ1v) is 8.02. The van der Waals surface area contributed by atoms with Crippen LogP contribution in [0.2, 0.25) is 0 Å². The largest absolute Gasteiger partial charge is 0.349 e. The fourth-order valence-electron chi connectivity index (χ4n) is 1.58. The number of benzene rings is 1. The van der Waals surface area contributed by atoms with Gasteiger partial charge < -0.3 is 5.32 Å². The van der Waals surface area contributed by atoms with Gasteiger partial charge in [-0.3, -0.25) is 4.79 Å². The maximum absolute atomic E-state index is 12.2. The Morgan fingerprint density at radius 3 is 2.30 bits per heavy atom. The van der Waals surface area contributed by atoms with Gasteiger partial charge >= 0.3 is 0 Å². The molecule has 1 aromatic carbocycles. The second-order valence-corrected chi connectivity index (χ2v) is 7.08. The lowest BCUT2D eigenvalue weighted by molar-refractivity contribution is 0.0929. The molecule has 1 atom stereocenters. The van der Waals surface area contributed by atoms with Gasteiger partial charge in [0.2, 0.25) is 10.0 Å². The number of carbonyl (C=O) groups is 1. The number of rotatable bonds is 5. The minimum atomic E-state index is -3.55. The van der Waals surface area contributed by atoms with Crippen molar-refractivity contribution in [2.24, 2.45) is 5.92 Å². The van der Waals surface area contributed by atoms with Gasteiger partial charge in [0, 0.05) is 11.6 Å². The number of nitrogens with one attached hydrogen (secondary N) is 2. The van der Waals surface area contributed by atoms with Crippen molar-refractivity contribution in [3.05, 3.63) is 29.3 Å². The molecule has 0 aliphatic carbocycles. The third-order valence-corrected chi connectivity index (χ3v) is 4.80. The number of amides is 1. The predicted molar refractivity (Wildman–Crippen MR) is 79.2 cm³/mol. The summed E-state index contributed by atoms with van der Waals surface area (Å²) in [5.41, 5.74) is 1.13. The van der Waals surface area contributed by atoms with Gasteiger partial charge in [-0.2, -0.15) is 0 Å². The summed E-state index contributed by atoms with van der Waals surface area (Å²) in [6, 6.07) is 4.55. The van der Waals surface area contributed by atoms with Gasteiger partial charge in [-0.05, 0) is 44.5 Å². The Kier molecular flexibility index (Phi) is 5.30. The van der Waals surface area contributed by atoms with E-state index in [-0.39, 0.29) is 16.8 Å². The van der Waals surface area contributed by atoms with Gasteiger partial charge in [-0.25, -0.2) is 13.1 Å². The summed E-state index contributed by atoms with van der Waals surface area (Å²) in [5.74, 6) is 0.0559. The maximum Gasteiger partial charge on any atom is 0.251 e. The maximum atomic E-state index is 12.2. The van der Waals surface area contributed by atoms with Crippen LogP contribution in [-0.4, -0.2) is 27.4 Å². The van der Waals surface area contributed by atoms with Crippen LogP contribution in [0.25, 0.3) is 0 Å². The van der Waals surface area contributed by atoms with Crippen LogP contribution in [0.4, 0.5) is 0 Å². The van der Waals surface area contributed by atoms with Crippen LogP contribution in [0.15, 0.2) is 23.1 Å². The highest BCUT2D eigenvalue weighted by atomic mass is 32.2. The normalized spacial score (nSPS) is 13.3. The van der Waals surface area contributed by atoms with Crippen molar-refractivity contribution in [3.63, 3.8) is 0 Å². The lowest BCUT2D eigenvalue weighted by Crippen LogP contribution is -2.36. The summed E-state index contributed by atoms with van der Waals surface area (Å²) >= 11 is 0. The first-order chi connectivity index (χ1) is 9.19. The van der Waals surface area contributed by atoms with Crippen molar-refractivity contribution in [2.45, 2.75) is 38.6 Å². The first-order valence-electron chi connectivity index (χ1n) is 6.54. The van der Waals surface area contributed by atoms with Crippen LogP contribution in [0.1, 0.15) is 36.7 Å². The first kappa shape index (κ1) is 16.7. The highest BCUT2D eigenvalue weighted by Gasteiger charge is 2.18. The second-order valence-electron chi connectivity index (χ2n) is 5.19. The minimum absolute atomic E-state index is 0.0199. The summed E-state index contributed by atoms with van der Waals surface area (Å²) in [5, 5.41) is 2.88. The van der Waals surface area contributed by atoms with Crippen LogP contribution >= 0.6 is 0 Å². The van der Waals surface area contributed by atoms with E-state index >= 15 is 0 Å². The molecule has 2 N–H and O–H groups in total. The van der Waals surface area contributed by atoms with E-state index in [2.05, 4.69) is 10.0 Å². The molecule has 20 heavy (non-hydrogen) atoms. The molecule has 0 saturated heterocycles. The van der Waals surface area contributed by atoms with E-state index in [1.807, 2.05) is 20.8 Å². The average Bonchev–Trinajstić information content (AvgIpc) is 2.38. The van der Waals surface area contributed by atoms with E-state index < -0.39 is 10.0 Å². The highest BCUT2D eigenvalue weighted by Crippen LogP contribution is 2.16. The summed E-state index contributed by atoms with van der Waals surface area (Å²) in [6.45, 7) is 7.73. The third kappa shape index (κ3) is 3.80. The molecule has 1 rings (SSSR count). The molecule has 0 aromatic heterocycles. The Bertz CT molecular complexity index is 594. The van der Waals surface area contributed by atoms with E-state index in [4.69, 9.17) is 0 Å². The number of hydrogen-bond donors (Lipinski definition) is 2. The lowest BCUT2D eigenvalue weighted by atomic mass is 10.0. The number of hydrogen-bond acceptors (Lipinski definition) is 3. The molecule has 0 radical (unpaired) electrons. The molecule has 1 amide bonds. The Labute approximate surface area is 120 Å². The van der Waals surface area contributed by atoms with Crippen molar-refractivity contribution in [3.8, 4) is 0 Å². The fraction of sp³-hybridized carbons (Fsp3) is 0.500. The average molecular weight is 298 g/mol. The van der Waals surface area contributed by atoms with Gasteiger partial charge in [0.15, 0.2) is 0 Å². The van der Waals surface area contributed by atoms with Crippen LogP contribution < -0.4 is 10.0 Å². The molecule has 6 heteroatoms. The van der Waals surface area contributed by atoms with Gasteiger partial charge in [-0.1, -0.05) is 19.9 Å². The molecule has 0 aliphatic heterocycles. The van der Waals surface area contributed by atoms with Crippen molar-refractivity contribution in [1.29, 1.82) is 0 Å². The van der Waals surface area contributed by atoms with Gasteiger partial charge in [0.25, 0.3) is 5.91 Å². The van der Waals surface area contributed by atoms with Crippen LogP contribution in [-0.2, 0) is 10.0 Å². The van der Waals surface area contributed by atoms with E-state index in [0.717, 1.165) is 5.56 Å². The van der Waals surface area contributed by atoms with E-state index in [0.29, 0.717) is 11.5 Å². The van der Waals surface area contributed by atoms with Gasteiger partial charge in [0.05, 0.1) is 4.90 Å². The smallest absolute Gasteiger partial charge is 0.251 e. The minimum Gasteiger partial charge on any atom is -0.349 e. The Morgan fingerprint density at radius 1 is 1.20 bits per heavy atom. The summed E-state index contributed by atoms with van der Waals surface area (Å²) in [6.07, 6.45) is 0. The molecule has 0 fully saturated rings. The van der Waals surface area contributed by atoms with Crippen molar-refractivity contribution in [2.75, 3.05) is 7.05 Å². The number of aryl methyl sites for hydroxylation is 1. The highest BCUT2D eigenvalue weighted by molar-refractivity contribution is 7.89. The van der Waals surface area contributed by atoms with Crippen molar-refractivity contribution in [1.82, 2.24) is 10.0 Å². The molecule has 1 aromatic rings. The second kappa shape index (κ2) is 6.37. The molecule has 0 spiro atoms. The van der Waals surface area contributed by atoms with Gasteiger partial charge in [0.1, 0.15) is 0 Å². The fourth-order valence-corrected chi connectivity index (χ4v) is 2.34. The standard InChI is InChI=1S/C14H22N2O3S/c1-9(2)11(4)16-14(17)13-8-12(7-6-10(13)3)20(18,19)15-5/h6-9,11,15H,1-5H3,(H,16,17). The quantitative estimate of drug-likeness (QED) is 0.868. The molecule has 0 heterocycles. The van der Waals surface area contributed by atoms with Crippen molar-refractivity contribution >= 4 is 15.9 Å². The Hall–Kier alpha value is -1.40. The molecular weight excluding hydrogens is 276 g/mol. The van der Waals surface area contributed by atoms with Crippen LogP contribution in [0.3, 0.4) is 0 Å². The zero-order chi connectivity index (χ0) is 15.5. The Morgan fingerprint density at radius 2 is 1.80 bits per heavy atom. The van der Waals surface area contributed by atoms with E-state index in [1.165, 1.54) is 19.2 Å². The lowest BCUT2D eigenvalue weighted by Gasteiger charge is -2.18. The molecule has 0 bridgehead atoms. The predicted octanol–water partition coefficient (Wildman–Crippen LogP) is 1.68. The number of sulfonamides is 1. The zero-order valence-electron chi connectivity index (χ0n) is 12.5.